The summed E-state index contributed by atoms with van der Waals surface area (Å²) in [5.74, 6) is -2.28. The van der Waals surface area contributed by atoms with Crippen molar-refractivity contribution in [2.75, 3.05) is 13.1 Å². The average molecular weight is 494 g/mol. The number of aliphatic carboxylic acids is 1. The van der Waals surface area contributed by atoms with Gasteiger partial charge in [-0.1, -0.05) is 80.6 Å². The fourth-order valence-corrected chi connectivity index (χ4v) is 4.02. The van der Waals surface area contributed by atoms with Crippen LogP contribution in [0.3, 0.4) is 0 Å². The minimum Gasteiger partial charge on any atom is -0.480 e. The Morgan fingerprint density at radius 2 is 1.58 bits per heavy atom. The van der Waals surface area contributed by atoms with Crippen LogP contribution in [-0.2, 0) is 16.0 Å². The van der Waals surface area contributed by atoms with Crippen molar-refractivity contribution in [1.82, 2.24) is 15.7 Å². The number of hydrogen-bond acceptors (Lipinski definition) is 5. The standard InChI is InChI=1S/C27H31N3O6/c1-17(2)15-30(16-24(31)25(32)29-36)27(35)28-23(26(33)34)14-18-10-12-20(13-11-18)22-9-5-7-19-6-3-4-8-21(19)22/h3-13,17,23-24,31,36H,14-16H2,1-2H3,(H,28,35)(H,29,32)(H,33,34)/t23-,24?/m0/s1. The highest BCUT2D eigenvalue weighted by Crippen LogP contribution is 2.28. The Hall–Kier alpha value is -3.95. The number of carboxylic acid groups (broad SMARTS) is 1. The molecule has 0 spiro atoms. The van der Waals surface area contributed by atoms with Gasteiger partial charge in [0.1, 0.15) is 6.04 Å². The third-order valence-corrected chi connectivity index (χ3v) is 5.77. The highest BCUT2D eigenvalue weighted by molar-refractivity contribution is 5.96. The van der Waals surface area contributed by atoms with E-state index < -0.39 is 36.6 Å². The van der Waals surface area contributed by atoms with Crippen LogP contribution in [0.5, 0.6) is 0 Å². The van der Waals surface area contributed by atoms with E-state index in [0.29, 0.717) is 0 Å². The number of carbonyl (C=O) groups is 3. The minimum atomic E-state index is -1.66. The lowest BCUT2D eigenvalue weighted by Gasteiger charge is -2.28. The molecule has 190 valence electrons. The topological polar surface area (TPSA) is 139 Å². The van der Waals surface area contributed by atoms with Gasteiger partial charge in [-0.05, 0) is 33.4 Å². The van der Waals surface area contributed by atoms with Gasteiger partial charge in [-0.3, -0.25) is 10.0 Å². The van der Waals surface area contributed by atoms with E-state index in [4.69, 9.17) is 5.21 Å². The molecule has 0 aliphatic rings. The van der Waals surface area contributed by atoms with Crippen molar-refractivity contribution in [2.24, 2.45) is 5.92 Å². The number of carboxylic acids is 1. The second-order valence-electron chi connectivity index (χ2n) is 9.06. The van der Waals surface area contributed by atoms with Crippen molar-refractivity contribution in [3.8, 4) is 11.1 Å². The molecule has 1 unspecified atom stereocenters. The molecule has 0 saturated heterocycles. The molecule has 0 aliphatic heterocycles. The van der Waals surface area contributed by atoms with Crippen molar-refractivity contribution in [1.29, 1.82) is 0 Å². The monoisotopic (exact) mass is 493 g/mol. The second-order valence-corrected chi connectivity index (χ2v) is 9.06. The minimum absolute atomic E-state index is 0.00923. The van der Waals surface area contributed by atoms with Gasteiger partial charge in [0.2, 0.25) is 0 Å². The third-order valence-electron chi connectivity index (χ3n) is 5.77. The lowest BCUT2D eigenvalue weighted by molar-refractivity contribution is -0.140. The van der Waals surface area contributed by atoms with Gasteiger partial charge in [0.05, 0.1) is 6.54 Å². The summed E-state index contributed by atoms with van der Waals surface area (Å²) >= 11 is 0. The molecule has 0 aromatic heterocycles. The number of fused-ring (bicyclic) bond motifs is 1. The van der Waals surface area contributed by atoms with E-state index in [1.165, 1.54) is 5.48 Å². The van der Waals surface area contributed by atoms with Gasteiger partial charge in [0, 0.05) is 13.0 Å². The molecule has 2 atom stereocenters. The van der Waals surface area contributed by atoms with Gasteiger partial charge < -0.3 is 20.4 Å². The number of urea groups is 1. The summed E-state index contributed by atoms with van der Waals surface area (Å²) in [5, 5.41) is 33.1. The summed E-state index contributed by atoms with van der Waals surface area (Å²) in [7, 11) is 0. The number of hydrogen-bond donors (Lipinski definition) is 5. The number of aliphatic hydroxyl groups excluding tert-OH is 1. The lowest BCUT2D eigenvalue weighted by atomic mass is 9.96. The summed E-state index contributed by atoms with van der Waals surface area (Å²) in [6.45, 7) is 3.45. The normalized spacial score (nSPS) is 12.7. The lowest BCUT2D eigenvalue weighted by Crippen LogP contribution is -2.53. The fourth-order valence-electron chi connectivity index (χ4n) is 4.02. The van der Waals surface area contributed by atoms with Crippen molar-refractivity contribution >= 4 is 28.7 Å². The van der Waals surface area contributed by atoms with E-state index >= 15 is 0 Å². The predicted molar refractivity (Wildman–Crippen MR) is 135 cm³/mol. The first kappa shape index (κ1) is 26.7. The molecule has 3 aromatic carbocycles. The average Bonchev–Trinajstić information content (AvgIpc) is 2.87. The zero-order chi connectivity index (χ0) is 26.2. The van der Waals surface area contributed by atoms with Crippen molar-refractivity contribution < 1.29 is 29.8 Å². The van der Waals surface area contributed by atoms with Gasteiger partial charge in [-0.2, -0.15) is 0 Å². The van der Waals surface area contributed by atoms with Crippen LogP contribution in [0.25, 0.3) is 21.9 Å². The van der Waals surface area contributed by atoms with E-state index in [2.05, 4.69) is 11.4 Å². The maximum Gasteiger partial charge on any atom is 0.326 e. The summed E-state index contributed by atoms with van der Waals surface area (Å²) in [6, 6.07) is 19.7. The Labute approximate surface area is 209 Å². The molecule has 3 aromatic rings. The van der Waals surface area contributed by atoms with E-state index in [-0.39, 0.29) is 18.9 Å². The van der Waals surface area contributed by atoms with Crippen LogP contribution < -0.4 is 10.8 Å². The third kappa shape index (κ3) is 6.80. The molecular weight excluding hydrogens is 462 g/mol. The van der Waals surface area contributed by atoms with Gasteiger partial charge in [-0.15, -0.1) is 0 Å². The predicted octanol–water partition coefficient (Wildman–Crippen LogP) is 3.04. The van der Waals surface area contributed by atoms with E-state index in [1.54, 1.807) is 0 Å². The Morgan fingerprint density at radius 1 is 0.917 bits per heavy atom. The van der Waals surface area contributed by atoms with Crippen LogP contribution in [-0.4, -0.2) is 63.5 Å². The molecule has 0 radical (unpaired) electrons. The number of rotatable bonds is 10. The largest absolute Gasteiger partial charge is 0.480 e. The molecule has 9 heteroatoms. The Balaban J connectivity index is 1.74. The number of aliphatic hydroxyl groups is 1. The summed E-state index contributed by atoms with van der Waals surface area (Å²) in [5.41, 5.74) is 4.12. The number of hydroxylamine groups is 1. The van der Waals surface area contributed by atoms with Gasteiger partial charge in [0.25, 0.3) is 5.91 Å². The van der Waals surface area contributed by atoms with Crippen LogP contribution >= 0.6 is 0 Å². The molecule has 3 rings (SSSR count). The number of carbonyl (C=O) groups excluding carboxylic acids is 2. The molecule has 3 amide bonds. The summed E-state index contributed by atoms with van der Waals surface area (Å²) in [6.07, 6.45) is -1.61. The van der Waals surface area contributed by atoms with E-state index in [9.17, 15) is 24.6 Å². The highest BCUT2D eigenvalue weighted by atomic mass is 16.5. The second kappa shape index (κ2) is 12.1. The quantitative estimate of drug-likeness (QED) is 0.217. The molecule has 9 nitrogen and oxygen atoms in total. The fraction of sp³-hybridized carbons (Fsp3) is 0.296. The number of benzene rings is 3. The molecule has 36 heavy (non-hydrogen) atoms. The summed E-state index contributed by atoms with van der Waals surface area (Å²) in [4.78, 5) is 37.4. The Morgan fingerprint density at radius 3 is 2.22 bits per heavy atom. The highest BCUT2D eigenvalue weighted by Gasteiger charge is 2.27. The maximum absolute atomic E-state index is 12.8. The number of nitrogens with zero attached hydrogens (tertiary/aromatic N) is 1. The smallest absolute Gasteiger partial charge is 0.326 e. The van der Waals surface area contributed by atoms with Crippen LogP contribution in [0, 0.1) is 5.92 Å². The Bertz CT molecular complexity index is 1210. The molecule has 0 aliphatic carbocycles. The Kier molecular flexibility index (Phi) is 8.99. The molecule has 0 bridgehead atoms. The zero-order valence-corrected chi connectivity index (χ0v) is 20.2. The van der Waals surface area contributed by atoms with Crippen molar-refractivity contribution in [3.05, 3.63) is 72.3 Å². The molecular formula is C27H31N3O6. The van der Waals surface area contributed by atoms with E-state index in [1.807, 2.05) is 74.5 Å². The van der Waals surface area contributed by atoms with E-state index in [0.717, 1.165) is 32.4 Å². The SMILES string of the molecule is CC(C)CN(CC(O)C(=O)NO)C(=O)N[C@@H](Cc1ccc(-c2cccc3ccccc23)cc1)C(=O)O. The molecule has 5 N–H and O–H groups in total. The number of nitrogens with one attached hydrogen (secondary N) is 2. The van der Waals surface area contributed by atoms with Crippen LogP contribution in [0.1, 0.15) is 19.4 Å². The first-order chi connectivity index (χ1) is 17.2. The first-order valence-electron chi connectivity index (χ1n) is 11.7. The van der Waals surface area contributed by atoms with Crippen LogP contribution in [0.15, 0.2) is 66.7 Å². The van der Waals surface area contributed by atoms with Crippen molar-refractivity contribution in [3.63, 3.8) is 0 Å². The summed E-state index contributed by atoms with van der Waals surface area (Å²) < 4.78 is 0. The van der Waals surface area contributed by atoms with Gasteiger partial charge >= 0.3 is 12.0 Å². The van der Waals surface area contributed by atoms with Crippen molar-refractivity contribution in [2.45, 2.75) is 32.4 Å². The van der Waals surface area contributed by atoms with Gasteiger partial charge in [0.15, 0.2) is 6.10 Å². The van der Waals surface area contributed by atoms with Crippen LogP contribution in [0.2, 0.25) is 0 Å². The van der Waals surface area contributed by atoms with Gasteiger partial charge in [-0.25, -0.2) is 15.1 Å². The van der Waals surface area contributed by atoms with Crippen LogP contribution in [0.4, 0.5) is 4.79 Å². The zero-order valence-electron chi connectivity index (χ0n) is 20.2. The molecule has 0 heterocycles. The molecule has 0 fully saturated rings. The first-order valence-corrected chi connectivity index (χ1v) is 11.7. The molecule has 0 saturated carbocycles. The number of amides is 3. The maximum atomic E-state index is 12.8.